The summed E-state index contributed by atoms with van der Waals surface area (Å²) in [4.78, 5) is 17.2. The molecule has 24 heavy (non-hydrogen) atoms. The first-order chi connectivity index (χ1) is 11.1. The van der Waals surface area contributed by atoms with Crippen LogP contribution in [0.1, 0.15) is 33.6 Å². The van der Waals surface area contributed by atoms with E-state index in [1.54, 1.807) is 0 Å². The van der Waals surface area contributed by atoms with Crippen LogP contribution in [0.5, 0.6) is 0 Å². The van der Waals surface area contributed by atoms with Crippen LogP contribution in [0.4, 0.5) is 0 Å². The second-order valence-corrected chi connectivity index (χ2v) is 13.3. The van der Waals surface area contributed by atoms with Crippen molar-refractivity contribution in [3.63, 3.8) is 0 Å². The van der Waals surface area contributed by atoms with Crippen LogP contribution in [0.3, 0.4) is 0 Å². The summed E-state index contributed by atoms with van der Waals surface area (Å²) in [7, 11) is -1.88. The lowest BCUT2D eigenvalue weighted by atomic mass is 9.86. The molecule has 0 aromatic rings. The van der Waals surface area contributed by atoms with Gasteiger partial charge in [-0.3, -0.25) is 9.79 Å². The molecule has 0 aromatic carbocycles. The highest BCUT2D eigenvalue weighted by molar-refractivity contribution is 6.74. The van der Waals surface area contributed by atoms with Gasteiger partial charge in [0, 0.05) is 0 Å². The van der Waals surface area contributed by atoms with Gasteiger partial charge in [-0.1, -0.05) is 32.9 Å². The second-order valence-electron chi connectivity index (χ2n) is 8.50. The summed E-state index contributed by atoms with van der Waals surface area (Å²) in [5.74, 6) is 0.261. The minimum Gasteiger partial charge on any atom is -0.409 e. The number of hydrogen-bond donors (Lipinski definition) is 2. The number of amidine groups is 1. The Balaban J connectivity index is 1.75. The zero-order valence-corrected chi connectivity index (χ0v) is 16.2. The number of hydrogen-bond acceptors (Lipinski definition) is 4. The molecule has 0 radical (unpaired) electrons. The standard InChI is InChI=1S/C18H28N2O3Si/c1-18(2,3)24(4,5)23-10-16-19-14-8-11-6-7-15(21)12(11)9-13(14)17(22)20-16/h8-9,13-15,21H,6-7,10H2,1-5H3,(H,19,20,22)/t13?,14-,15+/m0/s1. The predicted octanol–water partition coefficient (Wildman–Crippen LogP) is 2.54. The lowest BCUT2D eigenvalue weighted by Crippen LogP contribution is -2.49. The molecule has 3 aliphatic rings. The molecule has 1 fully saturated rings. The van der Waals surface area contributed by atoms with Crippen LogP contribution in [-0.4, -0.2) is 43.9 Å². The zero-order valence-electron chi connectivity index (χ0n) is 15.2. The molecule has 1 amide bonds. The van der Waals surface area contributed by atoms with E-state index < -0.39 is 14.4 Å². The van der Waals surface area contributed by atoms with Crippen molar-refractivity contribution in [3.05, 3.63) is 23.3 Å². The summed E-state index contributed by atoms with van der Waals surface area (Å²) in [6.07, 6.45) is 5.13. The maximum absolute atomic E-state index is 12.5. The number of aliphatic hydroxyl groups is 1. The Kier molecular flexibility index (Phi) is 4.34. The number of fused-ring (bicyclic) bond motifs is 2. The fraction of sp³-hybridized carbons (Fsp3) is 0.667. The monoisotopic (exact) mass is 348 g/mol. The summed E-state index contributed by atoms with van der Waals surface area (Å²) in [5.41, 5.74) is 2.06. The lowest BCUT2D eigenvalue weighted by Gasteiger charge is -2.37. The van der Waals surface area contributed by atoms with E-state index >= 15 is 0 Å². The number of aliphatic imine (C=N–C) groups is 1. The Hall–Kier alpha value is -1.24. The van der Waals surface area contributed by atoms with Crippen molar-refractivity contribution in [2.24, 2.45) is 10.9 Å². The average molecular weight is 349 g/mol. The van der Waals surface area contributed by atoms with E-state index in [0.29, 0.717) is 12.4 Å². The minimum atomic E-state index is -1.88. The third kappa shape index (κ3) is 3.14. The third-order valence-electron chi connectivity index (χ3n) is 5.77. The summed E-state index contributed by atoms with van der Waals surface area (Å²) in [6, 6.07) is -0.166. The van der Waals surface area contributed by atoms with Gasteiger partial charge in [-0.25, -0.2) is 0 Å². The molecule has 3 atom stereocenters. The minimum absolute atomic E-state index is 0.0502. The molecule has 132 valence electrons. The van der Waals surface area contributed by atoms with Crippen LogP contribution in [0, 0.1) is 5.92 Å². The normalized spacial score (nSPS) is 30.0. The molecule has 1 aliphatic heterocycles. The van der Waals surface area contributed by atoms with Gasteiger partial charge in [-0.05, 0) is 42.1 Å². The molecule has 0 aromatic heterocycles. The van der Waals surface area contributed by atoms with Gasteiger partial charge in [0.2, 0.25) is 5.91 Å². The molecule has 3 rings (SSSR count). The van der Waals surface area contributed by atoms with Gasteiger partial charge >= 0.3 is 0 Å². The van der Waals surface area contributed by atoms with Crippen LogP contribution in [0.25, 0.3) is 0 Å². The van der Waals surface area contributed by atoms with Gasteiger partial charge in [0.25, 0.3) is 0 Å². The van der Waals surface area contributed by atoms with Crippen LogP contribution >= 0.6 is 0 Å². The van der Waals surface area contributed by atoms with Gasteiger partial charge in [0.1, 0.15) is 5.84 Å². The number of aliphatic hydroxyl groups excluding tert-OH is 1. The van der Waals surface area contributed by atoms with Crippen molar-refractivity contribution in [1.82, 2.24) is 5.32 Å². The van der Waals surface area contributed by atoms with Gasteiger partial charge in [-0.15, -0.1) is 0 Å². The Labute approximate surface area is 145 Å². The van der Waals surface area contributed by atoms with Gasteiger partial charge in [0.05, 0.1) is 24.7 Å². The molecule has 1 heterocycles. The summed E-state index contributed by atoms with van der Waals surface area (Å²) >= 11 is 0. The van der Waals surface area contributed by atoms with E-state index in [4.69, 9.17) is 9.42 Å². The lowest BCUT2D eigenvalue weighted by molar-refractivity contribution is -0.122. The molecular formula is C18H28N2O3Si. The number of nitrogens with one attached hydrogen (secondary N) is 1. The molecule has 0 spiro atoms. The van der Waals surface area contributed by atoms with E-state index in [2.05, 4.69) is 45.3 Å². The molecule has 5 nitrogen and oxygen atoms in total. The first-order valence-electron chi connectivity index (χ1n) is 8.71. The highest BCUT2D eigenvalue weighted by atomic mass is 28.4. The Bertz CT molecular complexity index is 643. The maximum atomic E-state index is 12.5. The third-order valence-corrected chi connectivity index (χ3v) is 10.2. The first kappa shape index (κ1) is 17.6. The largest absolute Gasteiger partial charge is 0.409 e. The van der Waals surface area contributed by atoms with Crippen molar-refractivity contribution in [2.45, 2.75) is 63.9 Å². The van der Waals surface area contributed by atoms with E-state index in [-0.39, 0.29) is 22.9 Å². The zero-order chi connectivity index (χ0) is 17.7. The SMILES string of the molecule is CC(C)(C)[Si](C)(C)OCC1=N[C@H]2C=C3CC[C@@H](O)C3=CC2C(=O)N1. The van der Waals surface area contributed by atoms with E-state index in [1.165, 1.54) is 0 Å². The van der Waals surface area contributed by atoms with Gasteiger partial charge in [0.15, 0.2) is 8.32 Å². The van der Waals surface area contributed by atoms with Crippen molar-refractivity contribution in [1.29, 1.82) is 0 Å². The Morgan fingerprint density at radius 2 is 2.08 bits per heavy atom. The number of carbonyl (C=O) groups excluding carboxylic acids is 1. The van der Waals surface area contributed by atoms with Gasteiger partial charge < -0.3 is 14.8 Å². The number of nitrogens with zero attached hydrogens (tertiary/aromatic N) is 1. The molecule has 2 aliphatic carbocycles. The maximum Gasteiger partial charge on any atom is 0.234 e. The molecule has 6 heteroatoms. The molecule has 1 unspecified atom stereocenters. The van der Waals surface area contributed by atoms with E-state index in [1.807, 2.05) is 6.08 Å². The fourth-order valence-corrected chi connectivity index (χ4v) is 4.06. The topological polar surface area (TPSA) is 70.9 Å². The number of carbonyl (C=O) groups is 1. The molecule has 1 saturated carbocycles. The molecular weight excluding hydrogens is 320 g/mol. The van der Waals surface area contributed by atoms with Crippen molar-refractivity contribution in [2.75, 3.05) is 6.61 Å². The average Bonchev–Trinajstić information content (AvgIpc) is 2.83. The summed E-state index contributed by atoms with van der Waals surface area (Å²) in [6.45, 7) is 11.3. The summed E-state index contributed by atoms with van der Waals surface area (Å²) in [5, 5.41) is 13.0. The predicted molar refractivity (Wildman–Crippen MR) is 97.4 cm³/mol. The second kappa shape index (κ2) is 5.93. The molecule has 2 N–H and O–H groups in total. The van der Waals surface area contributed by atoms with Crippen LogP contribution < -0.4 is 5.32 Å². The van der Waals surface area contributed by atoms with Crippen LogP contribution in [0.15, 0.2) is 28.3 Å². The molecule has 0 saturated heterocycles. The quantitative estimate of drug-likeness (QED) is 0.770. The first-order valence-corrected chi connectivity index (χ1v) is 11.6. The van der Waals surface area contributed by atoms with Crippen molar-refractivity contribution >= 4 is 20.1 Å². The Morgan fingerprint density at radius 3 is 2.75 bits per heavy atom. The van der Waals surface area contributed by atoms with Crippen molar-refractivity contribution in [3.8, 4) is 0 Å². The highest BCUT2D eigenvalue weighted by Gasteiger charge is 2.40. The number of rotatable bonds is 3. The fourth-order valence-electron chi connectivity index (χ4n) is 3.13. The smallest absolute Gasteiger partial charge is 0.234 e. The number of amides is 1. The van der Waals surface area contributed by atoms with Crippen LogP contribution in [0.2, 0.25) is 18.1 Å². The van der Waals surface area contributed by atoms with Crippen LogP contribution in [-0.2, 0) is 9.22 Å². The van der Waals surface area contributed by atoms with Gasteiger partial charge in [-0.2, -0.15) is 0 Å². The summed E-state index contributed by atoms with van der Waals surface area (Å²) < 4.78 is 6.18. The van der Waals surface area contributed by atoms with E-state index in [9.17, 15) is 9.90 Å². The molecule has 0 bridgehead atoms. The van der Waals surface area contributed by atoms with Crippen molar-refractivity contribution < 1.29 is 14.3 Å². The Morgan fingerprint density at radius 1 is 1.38 bits per heavy atom. The van der Waals surface area contributed by atoms with E-state index in [0.717, 1.165) is 24.0 Å². The highest BCUT2D eigenvalue weighted by Crippen LogP contribution is 2.38.